The molecule has 0 fully saturated rings. The number of benzene rings is 1. The molecule has 0 spiro atoms. The number of hydrogen-bond acceptors (Lipinski definition) is 4. The summed E-state index contributed by atoms with van der Waals surface area (Å²) in [6.45, 7) is 0. The molecule has 0 radical (unpaired) electrons. The Morgan fingerprint density at radius 2 is 1.57 bits per heavy atom. The van der Waals surface area contributed by atoms with E-state index in [0.717, 1.165) is 9.79 Å². The van der Waals surface area contributed by atoms with E-state index in [-0.39, 0.29) is 5.75 Å². The molecule has 4 heteroatoms. The van der Waals surface area contributed by atoms with E-state index in [1.165, 1.54) is 6.33 Å². The highest BCUT2D eigenvalue weighted by Gasteiger charge is 1.96. The third-order valence-corrected chi connectivity index (χ3v) is 2.56. The topological polar surface area (TPSA) is 46.0 Å². The Hall–Kier alpha value is -1.55. The molecule has 2 aromatic rings. The maximum atomic E-state index is 9.09. The third kappa shape index (κ3) is 2.23. The summed E-state index contributed by atoms with van der Waals surface area (Å²) in [6.07, 6.45) is 5.01. The molecular formula is C10H8N2OS. The van der Waals surface area contributed by atoms with E-state index in [1.807, 2.05) is 12.1 Å². The molecule has 0 saturated carbocycles. The van der Waals surface area contributed by atoms with Crippen molar-refractivity contribution in [3.05, 3.63) is 43.0 Å². The number of phenolic OH excluding ortho intramolecular Hbond substituents is 1. The fraction of sp³-hybridized carbons (Fsp3) is 0. The lowest BCUT2D eigenvalue weighted by Crippen LogP contribution is -1.78. The highest BCUT2D eigenvalue weighted by atomic mass is 32.2. The first-order valence-electron chi connectivity index (χ1n) is 4.06. The SMILES string of the molecule is Oc1ccc(Sc2cncnc2)cc1. The first-order chi connectivity index (χ1) is 6.84. The molecule has 1 aromatic carbocycles. The van der Waals surface area contributed by atoms with Gasteiger partial charge >= 0.3 is 0 Å². The lowest BCUT2D eigenvalue weighted by molar-refractivity contribution is 0.475. The number of aromatic nitrogens is 2. The molecule has 2 rings (SSSR count). The fourth-order valence-corrected chi connectivity index (χ4v) is 1.76. The van der Waals surface area contributed by atoms with Crippen molar-refractivity contribution in [3.8, 4) is 5.75 Å². The predicted molar refractivity (Wildman–Crippen MR) is 54.3 cm³/mol. The minimum atomic E-state index is 0.277. The monoisotopic (exact) mass is 204 g/mol. The van der Waals surface area contributed by atoms with Crippen LogP contribution in [0.2, 0.25) is 0 Å². The molecule has 0 bridgehead atoms. The van der Waals surface area contributed by atoms with Crippen LogP contribution in [0.25, 0.3) is 0 Å². The second-order valence-electron chi connectivity index (χ2n) is 2.67. The molecule has 0 aliphatic heterocycles. The van der Waals surface area contributed by atoms with Crippen molar-refractivity contribution in [3.63, 3.8) is 0 Å². The second kappa shape index (κ2) is 4.11. The Bertz CT molecular complexity index is 402. The number of hydrogen-bond donors (Lipinski definition) is 1. The average molecular weight is 204 g/mol. The standard InChI is InChI=1S/C10H8N2OS/c13-8-1-3-9(4-2-8)14-10-5-11-7-12-6-10/h1-7,13H. The minimum absolute atomic E-state index is 0.277. The van der Waals surface area contributed by atoms with Gasteiger partial charge in [0.25, 0.3) is 0 Å². The number of aromatic hydroxyl groups is 1. The zero-order valence-corrected chi connectivity index (χ0v) is 8.11. The summed E-state index contributed by atoms with van der Waals surface area (Å²) in [5, 5.41) is 9.09. The predicted octanol–water partition coefficient (Wildman–Crippen LogP) is 2.33. The van der Waals surface area contributed by atoms with Crippen molar-refractivity contribution in [2.75, 3.05) is 0 Å². The van der Waals surface area contributed by atoms with E-state index < -0.39 is 0 Å². The lowest BCUT2D eigenvalue weighted by Gasteiger charge is -1.99. The third-order valence-electron chi connectivity index (χ3n) is 1.61. The Labute approximate surface area is 85.8 Å². The fourth-order valence-electron chi connectivity index (χ4n) is 0.988. The highest BCUT2D eigenvalue weighted by Crippen LogP contribution is 2.27. The summed E-state index contributed by atoms with van der Waals surface area (Å²) in [4.78, 5) is 9.87. The van der Waals surface area contributed by atoms with Crippen LogP contribution >= 0.6 is 11.8 Å². The van der Waals surface area contributed by atoms with Crippen LogP contribution in [0.4, 0.5) is 0 Å². The van der Waals surface area contributed by atoms with Crippen molar-refractivity contribution in [2.45, 2.75) is 9.79 Å². The molecule has 0 aliphatic carbocycles. The summed E-state index contributed by atoms with van der Waals surface area (Å²) in [7, 11) is 0. The van der Waals surface area contributed by atoms with Gasteiger partial charge in [-0.25, -0.2) is 9.97 Å². The van der Waals surface area contributed by atoms with Crippen LogP contribution in [-0.4, -0.2) is 15.1 Å². The van der Waals surface area contributed by atoms with Gasteiger partial charge in [0.2, 0.25) is 0 Å². The van der Waals surface area contributed by atoms with Gasteiger partial charge in [-0.15, -0.1) is 0 Å². The van der Waals surface area contributed by atoms with E-state index in [2.05, 4.69) is 9.97 Å². The van der Waals surface area contributed by atoms with Crippen LogP contribution in [0, 0.1) is 0 Å². The summed E-state index contributed by atoms with van der Waals surface area (Å²) in [5.41, 5.74) is 0. The molecule has 0 atom stereocenters. The van der Waals surface area contributed by atoms with Crippen LogP contribution in [0.15, 0.2) is 52.8 Å². The Balaban J connectivity index is 2.16. The largest absolute Gasteiger partial charge is 0.508 e. The highest BCUT2D eigenvalue weighted by molar-refractivity contribution is 7.99. The molecule has 70 valence electrons. The quantitative estimate of drug-likeness (QED) is 0.815. The van der Waals surface area contributed by atoms with Crippen molar-refractivity contribution >= 4 is 11.8 Å². The van der Waals surface area contributed by atoms with Gasteiger partial charge in [0, 0.05) is 22.2 Å². The zero-order chi connectivity index (χ0) is 9.80. The van der Waals surface area contributed by atoms with Gasteiger partial charge in [-0.05, 0) is 24.3 Å². The first-order valence-corrected chi connectivity index (χ1v) is 4.88. The Kier molecular flexibility index (Phi) is 2.65. The normalized spacial score (nSPS) is 10.0. The molecule has 14 heavy (non-hydrogen) atoms. The van der Waals surface area contributed by atoms with Crippen molar-refractivity contribution in [2.24, 2.45) is 0 Å². The van der Waals surface area contributed by atoms with Crippen molar-refractivity contribution in [1.29, 1.82) is 0 Å². The van der Waals surface area contributed by atoms with Gasteiger partial charge in [0.15, 0.2) is 0 Å². The molecule has 0 amide bonds. The van der Waals surface area contributed by atoms with Crippen LogP contribution < -0.4 is 0 Å². The number of rotatable bonds is 2. The Morgan fingerprint density at radius 1 is 0.929 bits per heavy atom. The van der Waals surface area contributed by atoms with Crippen LogP contribution in [0.1, 0.15) is 0 Å². The van der Waals surface area contributed by atoms with Crippen LogP contribution in [0.5, 0.6) is 5.75 Å². The van der Waals surface area contributed by atoms with Crippen LogP contribution in [0.3, 0.4) is 0 Å². The average Bonchev–Trinajstić information content (AvgIpc) is 2.23. The summed E-state index contributed by atoms with van der Waals surface area (Å²) < 4.78 is 0. The number of nitrogens with zero attached hydrogens (tertiary/aromatic N) is 2. The molecule has 1 N–H and O–H groups in total. The molecule has 1 aromatic heterocycles. The van der Waals surface area contributed by atoms with Gasteiger partial charge in [-0.1, -0.05) is 11.8 Å². The summed E-state index contributed by atoms with van der Waals surface area (Å²) >= 11 is 1.56. The van der Waals surface area contributed by atoms with Crippen molar-refractivity contribution in [1.82, 2.24) is 9.97 Å². The van der Waals surface area contributed by atoms with Gasteiger partial charge in [0.05, 0.1) is 0 Å². The van der Waals surface area contributed by atoms with Crippen molar-refractivity contribution < 1.29 is 5.11 Å². The zero-order valence-electron chi connectivity index (χ0n) is 7.29. The van der Waals surface area contributed by atoms with Gasteiger partial charge in [0.1, 0.15) is 12.1 Å². The maximum absolute atomic E-state index is 9.09. The van der Waals surface area contributed by atoms with Gasteiger partial charge < -0.3 is 5.11 Å². The smallest absolute Gasteiger partial charge is 0.115 e. The number of phenols is 1. The lowest BCUT2D eigenvalue weighted by atomic mass is 10.3. The first kappa shape index (κ1) is 9.02. The molecule has 0 unspecified atom stereocenters. The summed E-state index contributed by atoms with van der Waals surface area (Å²) in [6, 6.07) is 7.03. The maximum Gasteiger partial charge on any atom is 0.115 e. The van der Waals surface area contributed by atoms with Gasteiger partial charge in [-0.3, -0.25) is 0 Å². The molecular weight excluding hydrogens is 196 g/mol. The van der Waals surface area contributed by atoms with Gasteiger partial charge in [-0.2, -0.15) is 0 Å². The van der Waals surface area contributed by atoms with E-state index >= 15 is 0 Å². The van der Waals surface area contributed by atoms with E-state index in [9.17, 15) is 0 Å². The minimum Gasteiger partial charge on any atom is -0.508 e. The molecule has 3 nitrogen and oxygen atoms in total. The molecule has 1 heterocycles. The second-order valence-corrected chi connectivity index (χ2v) is 3.82. The molecule has 0 aliphatic rings. The van der Waals surface area contributed by atoms with Crippen LogP contribution in [-0.2, 0) is 0 Å². The molecule has 0 saturated heterocycles. The van der Waals surface area contributed by atoms with E-state index in [4.69, 9.17) is 5.11 Å². The van der Waals surface area contributed by atoms with E-state index in [1.54, 1.807) is 36.3 Å². The Morgan fingerprint density at radius 3 is 2.21 bits per heavy atom. The van der Waals surface area contributed by atoms with E-state index in [0.29, 0.717) is 0 Å². The summed E-state index contributed by atoms with van der Waals surface area (Å²) in [5.74, 6) is 0.277.